The molecule has 2 heterocycles. The molecule has 4 rings (SSSR count). The number of pyridine rings is 1. The minimum atomic E-state index is -0.255. The summed E-state index contributed by atoms with van der Waals surface area (Å²) >= 11 is 0. The van der Waals surface area contributed by atoms with E-state index in [0.717, 1.165) is 27.6 Å². The first-order valence-electron chi connectivity index (χ1n) is 8.15. The van der Waals surface area contributed by atoms with E-state index in [0.29, 0.717) is 16.9 Å². The fourth-order valence-corrected chi connectivity index (χ4v) is 3.07. The SMILES string of the molecule is COc1ccc2cc(C(=O)Nc3ccc4c(C)cc(=O)[nH]c4c3)[nH]c2c1. The largest absolute Gasteiger partial charge is 0.497 e. The van der Waals surface area contributed by atoms with Gasteiger partial charge in [-0.05, 0) is 42.8 Å². The van der Waals surface area contributed by atoms with Gasteiger partial charge in [-0.2, -0.15) is 0 Å². The van der Waals surface area contributed by atoms with Gasteiger partial charge >= 0.3 is 0 Å². The molecule has 2 aromatic heterocycles. The van der Waals surface area contributed by atoms with Crippen molar-refractivity contribution in [2.75, 3.05) is 12.4 Å². The second kappa shape index (κ2) is 6.07. The van der Waals surface area contributed by atoms with Crippen molar-refractivity contribution >= 4 is 33.4 Å². The molecule has 0 saturated carbocycles. The molecule has 0 atom stereocenters. The van der Waals surface area contributed by atoms with Crippen LogP contribution in [0.1, 0.15) is 16.1 Å². The van der Waals surface area contributed by atoms with E-state index >= 15 is 0 Å². The fraction of sp³-hybridized carbons (Fsp3) is 0.100. The second-order valence-electron chi connectivity index (χ2n) is 6.17. The van der Waals surface area contributed by atoms with Gasteiger partial charge in [-0.25, -0.2) is 0 Å². The third kappa shape index (κ3) is 2.82. The van der Waals surface area contributed by atoms with Crippen LogP contribution in [-0.2, 0) is 0 Å². The number of carbonyl (C=O) groups is 1. The maximum absolute atomic E-state index is 12.6. The standard InChI is InChI=1S/C20H17N3O3/c1-11-7-19(24)23-17-9-13(4-6-15(11)17)21-20(25)18-8-12-3-5-14(26-2)10-16(12)22-18/h3-10,22H,1-2H3,(H,21,25)(H,23,24). The zero-order chi connectivity index (χ0) is 18.3. The molecule has 3 N–H and O–H groups in total. The molecule has 2 aromatic carbocycles. The number of rotatable bonds is 3. The molecule has 4 aromatic rings. The van der Waals surface area contributed by atoms with Gasteiger partial charge < -0.3 is 20.0 Å². The van der Waals surface area contributed by atoms with Crippen molar-refractivity contribution < 1.29 is 9.53 Å². The predicted octanol–water partition coefficient (Wildman–Crippen LogP) is 3.58. The van der Waals surface area contributed by atoms with Crippen LogP contribution in [0.5, 0.6) is 5.75 Å². The number of amides is 1. The summed E-state index contributed by atoms with van der Waals surface area (Å²) in [7, 11) is 1.60. The summed E-state index contributed by atoms with van der Waals surface area (Å²) in [5, 5.41) is 4.73. The number of methoxy groups -OCH3 is 1. The van der Waals surface area contributed by atoms with E-state index in [-0.39, 0.29) is 11.5 Å². The Morgan fingerprint density at radius 2 is 1.85 bits per heavy atom. The summed E-state index contributed by atoms with van der Waals surface area (Å²) in [6, 6.07) is 14.4. The van der Waals surface area contributed by atoms with Crippen LogP contribution >= 0.6 is 0 Å². The van der Waals surface area contributed by atoms with Gasteiger partial charge in [-0.1, -0.05) is 6.07 Å². The van der Waals surface area contributed by atoms with Gasteiger partial charge in [-0.15, -0.1) is 0 Å². The Morgan fingerprint density at radius 1 is 1.00 bits per heavy atom. The van der Waals surface area contributed by atoms with Gasteiger partial charge in [0, 0.05) is 34.1 Å². The van der Waals surface area contributed by atoms with Crippen LogP contribution in [0.3, 0.4) is 0 Å². The monoisotopic (exact) mass is 347 g/mol. The van der Waals surface area contributed by atoms with Crippen molar-refractivity contribution in [3.63, 3.8) is 0 Å². The predicted molar refractivity (Wildman–Crippen MR) is 102 cm³/mol. The molecule has 0 radical (unpaired) electrons. The van der Waals surface area contributed by atoms with Crippen LogP contribution in [0.15, 0.2) is 53.3 Å². The molecule has 130 valence electrons. The molecule has 6 nitrogen and oxygen atoms in total. The van der Waals surface area contributed by atoms with E-state index in [4.69, 9.17) is 4.74 Å². The van der Waals surface area contributed by atoms with Crippen LogP contribution in [0.4, 0.5) is 5.69 Å². The van der Waals surface area contributed by atoms with Crippen molar-refractivity contribution in [3.05, 3.63) is 70.1 Å². The molecule has 6 heteroatoms. The number of hydrogen-bond acceptors (Lipinski definition) is 3. The molecule has 0 bridgehead atoms. The Morgan fingerprint density at radius 3 is 2.65 bits per heavy atom. The van der Waals surface area contributed by atoms with Crippen molar-refractivity contribution in [1.29, 1.82) is 0 Å². The van der Waals surface area contributed by atoms with Gasteiger partial charge in [0.15, 0.2) is 0 Å². The van der Waals surface area contributed by atoms with Crippen LogP contribution < -0.4 is 15.6 Å². The zero-order valence-electron chi connectivity index (χ0n) is 14.3. The van der Waals surface area contributed by atoms with Crippen molar-refractivity contribution in [2.24, 2.45) is 0 Å². The Hall–Kier alpha value is -3.54. The maximum atomic E-state index is 12.6. The highest BCUT2D eigenvalue weighted by Gasteiger charge is 2.11. The number of aromatic amines is 2. The number of ether oxygens (including phenoxy) is 1. The second-order valence-corrected chi connectivity index (χ2v) is 6.17. The first kappa shape index (κ1) is 16.0. The lowest BCUT2D eigenvalue weighted by Gasteiger charge is -2.07. The Labute approximate surface area is 148 Å². The molecule has 0 spiro atoms. The highest BCUT2D eigenvalue weighted by Crippen LogP contribution is 2.23. The summed E-state index contributed by atoms with van der Waals surface area (Å²) < 4.78 is 5.20. The van der Waals surface area contributed by atoms with Gasteiger partial charge in [0.2, 0.25) is 5.56 Å². The Bertz CT molecular complexity index is 1200. The zero-order valence-corrected chi connectivity index (χ0v) is 14.3. The smallest absolute Gasteiger partial charge is 0.272 e. The summed E-state index contributed by atoms with van der Waals surface area (Å²) in [4.78, 5) is 30.1. The number of nitrogens with one attached hydrogen (secondary N) is 3. The van der Waals surface area contributed by atoms with Crippen LogP contribution in [0, 0.1) is 6.92 Å². The van der Waals surface area contributed by atoms with Gasteiger partial charge in [0.05, 0.1) is 12.6 Å². The average molecular weight is 347 g/mol. The average Bonchev–Trinajstić information content (AvgIpc) is 3.04. The van der Waals surface area contributed by atoms with Crippen molar-refractivity contribution in [2.45, 2.75) is 6.92 Å². The normalized spacial score (nSPS) is 11.0. The summed E-state index contributed by atoms with van der Waals surface area (Å²) in [5.41, 5.74) is 3.31. The lowest BCUT2D eigenvalue weighted by atomic mass is 10.1. The number of carbonyl (C=O) groups excluding carboxylic acids is 1. The first-order valence-corrected chi connectivity index (χ1v) is 8.15. The molecule has 0 fully saturated rings. The van der Waals surface area contributed by atoms with E-state index < -0.39 is 0 Å². The van der Waals surface area contributed by atoms with E-state index in [1.165, 1.54) is 0 Å². The molecule has 0 saturated heterocycles. The van der Waals surface area contributed by atoms with Crippen LogP contribution in [0.25, 0.3) is 21.8 Å². The number of fused-ring (bicyclic) bond motifs is 2. The van der Waals surface area contributed by atoms with E-state index in [1.54, 1.807) is 25.3 Å². The van der Waals surface area contributed by atoms with Crippen LogP contribution in [0.2, 0.25) is 0 Å². The molecule has 1 amide bonds. The molecule has 0 aliphatic heterocycles. The van der Waals surface area contributed by atoms with Crippen LogP contribution in [-0.4, -0.2) is 23.0 Å². The highest BCUT2D eigenvalue weighted by atomic mass is 16.5. The summed E-state index contributed by atoms with van der Waals surface area (Å²) in [5.74, 6) is 0.467. The molecular weight excluding hydrogens is 330 g/mol. The number of H-pyrrole nitrogens is 2. The highest BCUT2D eigenvalue weighted by molar-refractivity contribution is 6.06. The first-order chi connectivity index (χ1) is 12.5. The van der Waals surface area contributed by atoms with Crippen molar-refractivity contribution in [1.82, 2.24) is 9.97 Å². The van der Waals surface area contributed by atoms with Gasteiger partial charge in [-0.3, -0.25) is 9.59 Å². The van der Waals surface area contributed by atoms with Crippen molar-refractivity contribution in [3.8, 4) is 5.75 Å². The Balaban J connectivity index is 1.65. The maximum Gasteiger partial charge on any atom is 0.272 e. The lowest BCUT2D eigenvalue weighted by molar-refractivity contribution is 0.102. The third-order valence-electron chi connectivity index (χ3n) is 4.38. The van der Waals surface area contributed by atoms with E-state index in [2.05, 4.69) is 15.3 Å². The summed E-state index contributed by atoms with van der Waals surface area (Å²) in [6.45, 7) is 1.88. The number of benzene rings is 2. The number of aryl methyl sites for hydroxylation is 1. The van der Waals surface area contributed by atoms with Gasteiger partial charge in [0.1, 0.15) is 11.4 Å². The molecule has 26 heavy (non-hydrogen) atoms. The number of anilines is 1. The molecule has 0 aliphatic carbocycles. The topological polar surface area (TPSA) is 87.0 Å². The molecule has 0 unspecified atom stereocenters. The third-order valence-corrected chi connectivity index (χ3v) is 4.38. The van der Waals surface area contributed by atoms with E-state index in [1.807, 2.05) is 37.3 Å². The Kier molecular flexibility index (Phi) is 3.73. The molecule has 0 aliphatic rings. The molecular formula is C20H17N3O3. The number of hydrogen-bond donors (Lipinski definition) is 3. The number of aromatic nitrogens is 2. The minimum Gasteiger partial charge on any atom is -0.497 e. The summed E-state index contributed by atoms with van der Waals surface area (Å²) in [6.07, 6.45) is 0. The van der Waals surface area contributed by atoms with Gasteiger partial charge in [0.25, 0.3) is 5.91 Å². The quantitative estimate of drug-likeness (QED) is 0.529. The fourth-order valence-electron chi connectivity index (χ4n) is 3.07. The lowest BCUT2D eigenvalue weighted by Crippen LogP contribution is -2.12. The minimum absolute atomic E-state index is 0.164. The van der Waals surface area contributed by atoms with E-state index in [9.17, 15) is 9.59 Å².